The van der Waals surface area contributed by atoms with Crippen molar-refractivity contribution < 1.29 is 9.90 Å². The van der Waals surface area contributed by atoms with Crippen molar-refractivity contribution in [1.29, 1.82) is 0 Å². The molecule has 0 unspecified atom stereocenters. The second-order valence-electron chi connectivity index (χ2n) is 4.09. The number of nitrogens with zero attached hydrogens (tertiary/aromatic N) is 1. The van der Waals surface area contributed by atoms with Gasteiger partial charge in [-0.15, -0.1) is 0 Å². The molecule has 0 aliphatic carbocycles. The maximum absolute atomic E-state index is 11.9. The highest BCUT2D eigenvalue weighted by atomic mass is 16.3. The van der Waals surface area contributed by atoms with E-state index in [1.165, 1.54) is 18.2 Å². The smallest absolute Gasteiger partial charge is 0.185 e. The fraction of sp³-hybridized carbons (Fsp3) is 0.143. The van der Waals surface area contributed by atoms with Crippen molar-refractivity contribution in [3.8, 4) is 5.75 Å². The number of phenols is 1. The Kier molecular flexibility index (Phi) is 3.28. The van der Waals surface area contributed by atoms with E-state index in [1.54, 1.807) is 18.2 Å². The summed E-state index contributed by atoms with van der Waals surface area (Å²) in [5, 5.41) is 16.1. The first-order chi connectivity index (χ1) is 8.58. The fourth-order valence-electron chi connectivity index (χ4n) is 1.69. The Balaban J connectivity index is 2.19. The van der Waals surface area contributed by atoms with Crippen molar-refractivity contribution in [3.05, 3.63) is 52.9 Å². The molecule has 2 aromatic rings. The lowest BCUT2D eigenvalue weighted by Gasteiger charge is -1.96. The third-order valence-electron chi connectivity index (χ3n) is 2.74. The van der Waals surface area contributed by atoms with Crippen LogP contribution in [0.3, 0.4) is 0 Å². The number of aromatic amines is 1. The van der Waals surface area contributed by atoms with Gasteiger partial charge in [0.2, 0.25) is 0 Å². The highest BCUT2D eigenvalue weighted by Gasteiger charge is 2.05. The Morgan fingerprint density at radius 2 is 1.94 bits per heavy atom. The lowest BCUT2D eigenvalue weighted by Crippen LogP contribution is -1.93. The molecular formula is C14H14N2O2. The molecular weight excluding hydrogens is 228 g/mol. The van der Waals surface area contributed by atoms with Crippen molar-refractivity contribution >= 4 is 11.9 Å². The van der Waals surface area contributed by atoms with Crippen LogP contribution in [-0.4, -0.2) is 21.1 Å². The molecule has 0 spiro atoms. The zero-order valence-corrected chi connectivity index (χ0v) is 10.3. The number of nitrogens with one attached hydrogen (secondary N) is 1. The highest BCUT2D eigenvalue weighted by molar-refractivity contribution is 6.06. The van der Waals surface area contributed by atoms with Crippen LogP contribution in [0.4, 0.5) is 0 Å². The molecule has 92 valence electrons. The van der Waals surface area contributed by atoms with E-state index in [0.717, 1.165) is 17.0 Å². The average Bonchev–Trinajstić information content (AvgIpc) is 2.67. The second-order valence-corrected chi connectivity index (χ2v) is 4.09. The molecule has 0 amide bonds. The molecule has 0 aliphatic rings. The van der Waals surface area contributed by atoms with Gasteiger partial charge in [0.05, 0.1) is 5.69 Å². The normalized spacial score (nSPS) is 11.0. The van der Waals surface area contributed by atoms with E-state index in [-0.39, 0.29) is 11.5 Å². The van der Waals surface area contributed by atoms with Crippen LogP contribution in [0.1, 0.15) is 27.3 Å². The van der Waals surface area contributed by atoms with E-state index in [1.807, 2.05) is 13.8 Å². The molecule has 0 aliphatic heterocycles. The van der Waals surface area contributed by atoms with Gasteiger partial charge in [0, 0.05) is 16.8 Å². The molecule has 2 N–H and O–H groups in total. The maximum Gasteiger partial charge on any atom is 0.185 e. The molecule has 18 heavy (non-hydrogen) atoms. The summed E-state index contributed by atoms with van der Waals surface area (Å²) in [6, 6.07) is 6.18. The van der Waals surface area contributed by atoms with Crippen LogP contribution in [0.25, 0.3) is 6.08 Å². The van der Waals surface area contributed by atoms with Crippen molar-refractivity contribution in [2.45, 2.75) is 13.8 Å². The lowest BCUT2D eigenvalue weighted by atomic mass is 10.1. The fourth-order valence-corrected chi connectivity index (χ4v) is 1.69. The van der Waals surface area contributed by atoms with E-state index in [4.69, 9.17) is 5.11 Å². The van der Waals surface area contributed by atoms with Crippen molar-refractivity contribution in [2.75, 3.05) is 0 Å². The highest BCUT2D eigenvalue weighted by Crippen LogP contribution is 2.14. The summed E-state index contributed by atoms with van der Waals surface area (Å²) in [7, 11) is 0. The summed E-state index contributed by atoms with van der Waals surface area (Å²) < 4.78 is 0. The van der Waals surface area contributed by atoms with Gasteiger partial charge in [0.15, 0.2) is 5.78 Å². The number of carbonyl (C=O) groups excluding carboxylic acids is 1. The number of hydrogen-bond donors (Lipinski definition) is 2. The summed E-state index contributed by atoms with van der Waals surface area (Å²) in [4.78, 5) is 11.9. The zero-order valence-electron chi connectivity index (χ0n) is 10.3. The van der Waals surface area contributed by atoms with Crippen molar-refractivity contribution in [1.82, 2.24) is 10.2 Å². The Hall–Kier alpha value is -2.36. The van der Waals surface area contributed by atoms with Gasteiger partial charge in [-0.1, -0.05) is 0 Å². The predicted octanol–water partition coefficient (Wildman–Crippen LogP) is 2.63. The van der Waals surface area contributed by atoms with Crippen LogP contribution >= 0.6 is 0 Å². The zero-order chi connectivity index (χ0) is 13.1. The van der Waals surface area contributed by atoms with Gasteiger partial charge < -0.3 is 5.11 Å². The molecule has 2 rings (SSSR count). The van der Waals surface area contributed by atoms with Crippen LogP contribution in [0, 0.1) is 13.8 Å². The topological polar surface area (TPSA) is 66.0 Å². The van der Waals surface area contributed by atoms with Crippen LogP contribution in [0.5, 0.6) is 5.75 Å². The summed E-state index contributed by atoms with van der Waals surface area (Å²) in [6.07, 6.45) is 3.26. The number of rotatable bonds is 3. The van der Waals surface area contributed by atoms with Crippen LogP contribution in [-0.2, 0) is 0 Å². The van der Waals surface area contributed by atoms with E-state index in [9.17, 15) is 4.79 Å². The predicted molar refractivity (Wildman–Crippen MR) is 69.5 cm³/mol. The van der Waals surface area contributed by atoms with Crippen molar-refractivity contribution in [2.24, 2.45) is 0 Å². The number of H-pyrrole nitrogens is 1. The van der Waals surface area contributed by atoms with Crippen molar-refractivity contribution in [3.63, 3.8) is 0 Å². The summed E-state index contributed by atoms with van der Waals surface area (Å²) in [6.45, 7) is 3.79. The molecule has 4 heteroatoms. The Morgan fingerprint density at radius 1 is 1.28 bits per heavy atom. The third-order valence-corrected chi connectivity index (χ3v) is 2.74. The molecule has 0 saturated heterocycles. The van der Waals surface area contributed by atoms with Gasteiger partial charge in [-0.2, -0.15) is 5.10 Å². The summed E-state index contributed by atoms with van der Waals surface area (Å²) >= 11 is 0. The number of aromatic hydroxyl groups is 1. The van der Waals surface area contributed by atoms with Gasteiger partial charge in [-0.3, -0.25) is 9.89 Å². The molecule has 0 fully saturated rings. The molecule has 0 saturated carbocycles. The summed E-state index contributed by atoms with van der Waals surface area (Å²) in [5.74, 6) is 0.0482. The van der Waals surface area contributed by atoms with Gasteiger partial charge in [0.25, 0.3) is 0 Å². The SMILES string of the molecule is Cc1n[nH]c(C)c1/C=C/C(=O)c1ccc(O)cc1. The summed E-state index contributed by atoms with van der Waals surface area (Å²) in [5.41, 5.74) is 3.27. The van der Waals surface area contributed by atoms with E-state index >= 15 is 0 Å². The largest absolute Gasteiger partial charge is 0.508 e. The molecule has 0 atom stereocenters. The molecule has 4 nitrogen and oxygen atoms in total. The first-order valence-electron chi connectivity index (χ1n) is 5.61. The van der Waals surface area contributed by atoms with E-state index in [0.29, 0.717) is 5.56 Å². The van der Waals surface area contributed by atoms with Crippen LogP contribution < -0.4 is 0 Å². The van der Waals surface area contributed by atoms with Crippen LogP contribution in [0.2, 0.25) is 0 Å². The average molecular weight is 242 g/mol. The minimum absolute atomic E-state index is 0.102. The van der Waals surface area contributed by atoms with E-state index in [2.05, 4.69) is 10.2 Å². The number of hydrogen-bond acceptors (Lipinski definition) is 3. The number of allylic oxidation sites excluding steroid dienone is 1. The number of phenolic OH excluding ortho intramolecular Hbond substituents is 1. The Bertz CT molecular complexity index is 575. The lowest BCUT2D eigenvalue weighted by molar-refractivity contribution is 0.104. The number of ketones is 1. The number of benzene rings is 1. The van der Waals surface area contributed by atoms with Gasteiger partial charge >= 0.3 is 0 Å². The number of aromatic nitrogens is 2. The quantitative estimate of drug-likeness (QED) is 0.642. The Morgan fingerprint density at radius 3 is 2.50 bits per heavy atom. The van der Waals surface area contributed by atoms with Gasteiger partial charge in [0.1, 0.15) is 5.75 Å². The first kappa shape index (κ1) is 12.1. The second kappa shape index (κ2) is 4.87. The third kappa shape index (κ3) is 2.48. The Labute approximate surface area is 105 Å². The van der Waals surface area contributed by atoms with Gasteiger partial charge in [-0.25, -0.2) is 0 Å². The molecule has 0 radical (unpaired) electrons. The number of aryl methyl sites for hydroxylation is 2. The van der Waals surface area contributed by atoms with Gasteiger partial charge in [-0.05, 0) is 50.3 Å². The minimum Gasteiger partial charge on any atom is -0.508 e. The minimum atomic E-state index is -0.102. The maximum atomic E-state index is 11.9. The molecule has 1 aromatic heterocycles. The van der Waals surface area contributed by atoms with E-state index < -0.39 is 0 Å². The number of carbonyl (C=O) groups is 1. The standard InChI is InChI=1S/C14H14N2O2/c1-9-13(10(2)16-15-9)7-8-14(18)11-3-5-12(17)6-4-11/h3-8,17H,1-2H3,(H,15,16)/b8-7+. The molecule has 0 bridgehead atoms. The molecule has 1 aromatic carbocycles. The van der Waals surface area contributed by atoms with Crippen LogP contribution in [0.15, 0.2) is 30.3 Å². The first-order valence-corrected chi connectivity index (χ1v) is 5.61. The molecule has 1 heterocycles. The monoisotopic (exact) mass is 242 g/mol.